The molecule has 0 aromatic heterocycles. The molecule has 0 fully saturated rings. The summed E-state index contributed by atoms with van der Waals surface area (Å²) >= 11 is 0. The largest absolute Gasteiger partial charge is 0.300 e. The normalized spacial score (nSPS) is 9.62. The fourth-order valence-electron chi connectivity index (χ4n) is 0.624. The quantitative estimate of drug-likeness (QED) is 0.401. The third-order valence-electron chi connectivity index (χ3n) is 1.13. The van der Waals surface area contributed by atoms with Crippen molar-refractivity contribution in [3.05, 3.63) is 0 Å². The van der Waals surface area contributed by atoms with Crippen LogP contribution in [0.4, 0.5) is 0 Å². The molecular formula is C6H14OSi. The van der Waals surface area contributed by atoms with E-state index in [1.807, 2.05) is 0 Å². The van der Waals surface area contributed by atoms with Crippen LogP contribution in [-0.4, -0.2) is 16.0 Å². The summed E-state index contributed by atoms with van der Waals surface area (Å²) in [5.41, 5.74) is 0. The van der Waals surface area contributed by atoms with E-state index in [1.165, 1.54) is 22.7 Å². The van der Waals surface area contributed by atoms with Crippen LogP contribution >= 0.6 is 0 Å². The number of carbonyl (C=O) groups excluding carboxylic acids is 1. The van der Waals surface area contributed by atoms with Gasteiger partial charge in [0.1, 0.15) is 5.78 Å². The lowest BCUT2D eigenvalue weighted by atomic mass is 10.2. The maximum Gasteiger partial charge on any atom is 0.129 e. The van der Waals surface area contributed by atoms with Crippen molar-refractivity contribution in [3.63, 3.8) is 0 Å². The summed E-state index contributed by atoms with van der Waals surface area (Å²) in [6, 6.07) is 1.34. The van der Waals surface area contributed by atoms with Gasteiger partial charge in [0.2, 0.25) is 0 Å². The van der Waals surface area contributed by atoms with Crippen molar-refractivity contribution in [2.45, 2.75) is 32.2 Å². The standard InChI is InChI=1S/C6H14OSi/c1-6(7)4-2-3-5-8/h2-5H2,1,8H3. The number of hydrogen-bond acceptors (Lipinski definition) is 1. The molecular weight excluding hydrogens is 116 g/mol. The van der Waals surface area contributed by atoms with Gasteiger partial charge in [-0.25, -0.2) is 0 Å². The monoisotopic (exact) mass is 130 g/mol. The Morgan fingerprint density at radius 1 is 1.50 bits per heavy atom. The Morgan fingerprint density at radius 3 is 2.50 bits per heavy atom. The zero-order valence-corrected chi connectivity index (χ0v) is 7.74. The van der Waals surface area contributed by atoms with E-state index >= 15 is 0 Å². The van der Waals surface area contributed by atoms with Crippen LogP contribution in [0.15, 0.2) is 0 Å². The van der Waals surface area contributed by atoms with Gasteiger partial charge in [0.05, 0.1) is 0 Å². The highest BCUT2D eigenvalue weighted by Gasteiger charge is 1.89. The van der Waals surface area contributed by atoms with Crippen LogP contribution in [0.25, 0.3) is 0 Å². The van der Waals surface area contributed by atoms with Crippen LogP contribution < -0.4 is 0 Å². The molecule has 0 radical (unpaired) electrons. The van der Waals surface area contributed by atoms with E-state index in [0.29, 0.717) is 5.78 Å². The minimum absolute atomic E-state index is 0.333. The van der Waals surface area contributed by atoms with E-state index in [2.05, 4.69) is 0 Å². The Hall–Kier alpha value is -0.113. The fraction of sp³-hybridized carbons (Fsp3) is 0.833. The second-order valence-electron chi connectivity index (χ2n) is 2.16. The molecule has 0 aromatic carbocycles. The summed E-state index contributed by atoms with van der Waals surface area (Å²) in [7, 11) is 1.29. The number of ketones is 1. The molecule has 2 heteroatoms. The minimum Gasteiger partial charge on any atom is -0.300 e. The van der Waals surface area contributed by atoms with Crippen LogP contribution in [0, 0.1) is 0 Å². The molecule has 0 aliphatic carbocycles. The van der Waals surface area contributed by atoms with Crippen molar-refractivity contribution in [3.8, 4) is 0 Å². The molecule has 0 saturated heterocycles. The van der Waals surface area contributed by atoms with Crippen LogP contribution in [0.1, 0.15) is 26.2 Å². The van der Waals surface area contributed by atoms with Crippen LogP contribution in [0.3, 0.4) is 0 Å². The van der Waals surface area contributed by atoms with Gasteiger partial charge in [0.15, 0.2) is 0 Å². The fourth-order valence-corrected chi connectivity index (χ4v) is 1.12. The summed E-state index contributed by atoms with van der Waals surface area (Å²) in [4.78, 5) is 10.3. The number of unbranched alkanes of at least 4 members (excludes halogenated alkanes) is 1. The average molecular weight is 130 g/mol. The zero-order chi connectivity index (χ0) is 6.41. The van der Waals surface area contributed by atoms with Crippen LogP contribution in [0.5, 0.6) is 0 Å². The van der Waals surface area contributed by atoms with Crippen molar-refractivity contribution in [2.24, 2.45) is 0 Å². The Kier molecular flexibility index (Phi) is 4.96. The summed E-state index contributed by atoms with van der Waals surface area (Å²) in [5.74, 6) is 0.333. The molecule has 0 rings (SSSR count). The maximum absolute atomic E-state index is 10.3. The first kappa shape index (κ1) is 7.89. The SMILES string of the molecule is CC(=O)CCCC[SiH3]. The molecule has 0 heterocycles. The molecule has 0 amide bonds. The number of rotatable bonds is 4. The van der Waals surface area contributed by atoms with E-state index in [4.69, 9.17) is 0 Å². The van der Waals surface area contributed by atoms with E-state index in [-0.39, 0.29) is 0 Å². The van der Waals surface area contributed by atoms with E-state index in [9.17, 15) is 4.79 Å². The van der Waals surface area contributed by atoms with E-state index < -0.39 is 0 Å². The van der Waals surface area contributed by atoms with Crippen molar-refractivity contribution in [1.82, 2.24) is 0 Å². The summed E-state index contributed by atoms with van der Waals surface area (Å²) in [6.07, 6.45) is 3.16. The summed E-state index contributed by atoms with van der Waals surface area (Å²) in [6.45, 7) is 1.66. The van der Waals surface area contributed by atoms with Crippen molar-refractivity contribution < 1.29 is 4.79 Å². The molecule has 0 unspecified atom stereocenters. The molecule has 0 bridgehead atoms. The van der Waals surface area contributed by atoms with Gasteiger partial charge in [0.25, 0.3) is 0 Å². The maximum atomic E-state index is 10.3. The lowest BCUT2D eigenvalue weighted by molar-refractivity contribution is -0.117. The molecule has 0 atom stereocenters. The van der Waals surface area contributed by atoms with Gasteiger partial charge in [0, 0.05) is 16.7 Å². The Balaban J connectivity index is 2.82. The van der Waals surface area contributed by atoms with Gasteiger partial charge in [-0.3, -0.25) is 0 Å². The van der Waals surface area contributed by atoms with Gasteiger partial charge >= 0.3 is 0 Å². The summed E-state index contributed by atoms with van der Waals surface area (Å²) < 4.78 is 0. The zero-order valence-electron chi connectivity index (χ0n) is 5.74. The lowest BCUT2D eigenvalue weighted by Crippen LogP contribution is -1.88. The van der Waals surface area contributed by atoms with Crippen molar-refractivity contribution in [2.75, 3.05) is 0 Å². The smallest absolute Gasteiger partial charge is 0.129 e. The second kappa shape index (κ2) is 5.03. The molecule has 0 spiro atoms. The average Bonchev–Trinajstić information content (AvgIpc) is 1.66. The van der Waals surface area contributed by atoms with E-state index in [1.54, 1.807) is 6.92 Å². The topological polar surface area (TPSA) is 17.1 Å². The highest BCUT2D eigenvalue weighted by Crippen LogP contribution is 1.97. The molecule has 0 aliphatic rings. The Bertz CT molecular complexity index is 70.9. The van der Waals surface area contributed by atoms with Gasteiger partial charge in [-0.1, -0.05) is 12.5 Å². The van der Waals surface area contributed by atoms with Gasteiger partial charge < -0.3 is 4.79 Å². The van der Waals surface area contributed by atoms with Gasteiger partial charge in [-0.05, 0) is 13.3 Å². The minimum atomic E-state index is 0.333. The van der Waals surface area contributed by atoms with Gasteiger partial charge in [-0.2, -0.15) is 0 Å². The van der Waals surface area contributed by atoms with Crippen LogP contribution in [0.2, 0.25) is 6.04 Å². The highest BCUT2D eigenvalue weighted by molar-refractivity contribution is 6.08. The predicted molar refractivity (Wildman–Crippen MR) is 39.3 cm³/mol. The summed E-state index contributed by atoms with van der Waals surface area (Å²) in [5, 5.41) is 0. The molecule has 0 N–H and O–H groups in total. The molecule has 0 saturated carbocycles. The van der Waals surface area contributed by atoms with Gasteiger partial charge in [-0.15, -0.1) is 0 Å². The lowest BCUT2D eigenvalue weighted by Gasteiger charge is -1.90. The Morgan fingerprint density at radius 2 is 2.12 bits per heavy atom. The number of Topliss-reactive ketones (excluding diaryl/α,β-unsaturated/α-hetero) is 1. The molecule has 0 aliphatic heterocycles. The molecule has 0 aromatic rings. The second-order valence-corrected chi connectivity index (χ2v) is 3.16. The third kappa shape index (κ3) is 5.89. The van der Waals surface area contributed by atoms with Crippen molar-refractivity contribution in [1.29, 1.82) is 0 Å². The van der Waals surface area contributed by atoms with Crippen molar-refractivity contribution >= 4 is 16.0 Å². The number of hydrogen-bond donors (Lipinski definition) is 0. The molecule has 48 valence electrons. The molecule has 1 nitrogen and oxygen atoms in total. The number of carbonyl (C=O) groups is 1. The molecule has 8 heavy (non-hydrogen) atoms. The first-order valence-corrected chi connectivity index (χ1v) is 4.68. The Labute approximate surface area is 53.9 Å². The van der Waals surface area contributed by atoms with E-state index in [0.717, 1.165) is 12.8 Å². The predicted octanol–water partition coefficient (Wildman–Crippen LogP) is 0.529. The first-order valence-electron chi connectivity index (χ1n) is 3.26. The highest BCUT2D eigenvalue weighted by atomic mass is 28.1. The third-order valence-corrected chi connectivity index (χ3v) is 1.84. The van der Waals surface area contributed by atoms with Crippen LogP contribution in [-0.2, 0) is 4.79 Å². The first-order chi connectivity index (χ1) is 3.77.